The first-order valence-electron chi connectivity index (χ1n) is 12.1. The van der Waals surface area contributed by atoms with E-state index in [1.807, 2.05) is 36.4 Å². The number of amides is 1. The maximum absolute atomic E-state index is 13.5. The summed E-state index contributed by atoms with van der Waals surface area (Å²) in [5, 5.41) is 11.8. The standard InChI is InChI=1S/C30H30ClNO6/c1-17(2)19-8-10-20(11-9-19)27-26(28(33)22-14-25(38-5)23(31)15-24(22)37-4)29(34)30(35)32(27)16-18-6-12-21(36-3)13-7-18/h6-15,17,27,33H,16H2,1-5H3/b28-26+. The highest BCUT2D eigenvalue weighted by Gasteiger charge is 2.46. The number of Topliss-reactive ketones (excluding diaryl/α,β-unsaturated/α-hetero) is 1. The van der Waals surface area contributed by atoms with Gasteiger partial charge in [0.25, 0.3) is 11.7 Å². The van der Waals surface area contributed by atoms with Crippen molar-refractivity contribution in [3.05, 3.63) is 93.5 Å². The summed E-state index contributed by atoms with van der Waals surface area (Å²) in [7, 11) is 4.45. The zero-order chi connectivity index (χ0) is 27.6. The first-order valence-corrected chi connectivity index (χ1v) is 12.5. The molecule has 3 aromatic rings. The lowest BCUT2D eigenvalue weighted by atomic mass is 9.93. The average molecular weight is 536 g/mol. The normalized spacial score (nSPS) is 16.7. The van der Waals surface area contributed by atoms with E-state index in [0.717, 1.165) is 11.1 Å². The Morgan fingerprint density at radius 3 is 2.11 bits per heavy atom. The average Bonchev–Trinajstić information content (AvgIpc) is 3.17. The molecule has 1 heterocycles. The summed E-state index contributed by atoms with van der Waals surface area (Å²) in [5.41, 5.74) is 2.78. The molecular formula is C30H30ClNO6. The maximum Gasteiger partial charge on any atom is 0.295 e. The van der Waals surface area contributed by atoms with Crippen LogP contribution in [0.2, 0.25) is 5.02 Å². The number of hydrogen-bond acceptors (Lipinski definition) is 6. The molecule has 1 saturated heterocycles. The van der Waals surface area contributed by atoms with Gasteiger partial charge in [0, 0.05) is 12.6 Å². The lowest BCUT2D eigenvalue weighted by Gasteiger charge is -2.26. The molecule has 4 rings (SSSR count). The summed E-state index contributed by atoms with van der Waals surface area (Å²) in [6.45, 7) is 4.33. The third-order valence-electron chi connectivity index (χ3n) is 6.70. The van der Waals surface area contributed by atoms with Crippen LogP contribution >= 0.6 is 11.6 Å². The zero-order valence-electron chi connectivity index (χ0n) is 21.9. The predicted molar refractivity (Wildman–Crippen MR) is 146 cm³/mol. The topological polar surface area (TPSA) is 85.3 Å². The molecule has 1 aliphatic rings. The molecule has 1 fully saturated rings. The molecule has 1 atom stereocenters. The van der Waals surface area contributed by atoms with E-state index in [0.29, 0.717) is 23.0 Å². The monoisotopic (exact) mass is 535 g/mol. The van der Waals surface area contributed by atoms with Crippen LogP contribution in [0.15, 0.2) is 66.2 Å². The number of carbonyl (C=O) groups excluding carboxylic acids is 2. The minimum Gasteiger partial charge on any atom is -0.507 e. The number of halogens is 1. The van der Waals surface area contributed by atoms with Gasteiger partial charge in [-0.3, -0.25) is 9.59 Å². The van der Waals surface area contributed by atoms with Crippen LogP contribution < -0.4 is 14.2 Å². The Bertz CT molecular complexity index is 1380. The van der Waals surface area contributed by atoms with Gasteiger partial charge in [-0.2, -0.15) is 0 Å². The van der Waals surface area contributed by atoms with Gasteiger partial charge in [-0.05, 0) is 40.8 Å². The molecule has 3 aromatic carbocycles. The fourth-order valence-corrected chi connectivity index (χ4v) is 4.80. The van der Waals surface area contributed by atoms with Gasteiger partial charge in [-0.1, -0.05) is 61.8 Å². The third kappa shape index (κ3) is 5.07. The Morgan fingerprint density at radius 2 is 1.55 bits per heavy atom. The first-order chi connectivity index (χ1) is 18.2. The molecule has 0 aromatic heterocycles. The van der Waals surface area contributed by atoms with Crippen LogP contribution in [0.1, 0.15) is 48.1 Å². The minimum atomic E-state index is -0.829. The number of methoxy groups -OCH3 is 3. The molecule has 38 heavy (non-hydrogen) atoms. The van der Waals surface area contributed by atoms with Gasteiger partial charge in [-0.15, -0.1) is 0 Å². The highest BCUT2D eigenvalue weighted by molar-refractivity contribution is 6.46. The first kappa shape index (κ1) is 27.1. The Labute approximate surface area is 227 Å². The van der Waals surface area contributed by atoms with Crippen LogP contribution in [-0.2, 0) is 16.1 Å². The Morgan fingerprint density at radius 1 is 0.921 bits per heavy atom. The van der Waals surface area contributed by atoms with Crippen molar-refractivity contribution in [2.75, 3.05) is 21.3 Å². The number of ether oxygens (including phenoxy) is 3. The van der Waals surface area contributed by atoms with Gasteiger partial charge in [0.1, 0.15) is 23.0 Å². The molecule has 198 valence electrons. The summed E-state index contributed by atoms with van der Waals surface area (Å²) >= 11 is 6.26. The van der Waals surface area contributed by atoms with Crippen molar-refractivity contribution < 1.29 is 28.9 Å². The molecule has 0 aliphatic carbocycles. The summed E-state index contributed by atoms with van der Waals surface area (Å²) in [6, 6.07) is 17.1. The van der Waals surface area contributed by atoms with Crippen LogP contribution in [0, 0.1) is 0 Å². The van der Waals surface area contributed by atoms with Crippen molar-refractivity contribution in [3.63, 3.8) is 0 Å². The van der Waals surface area contributed by atoms with Gasteiger partial charge in [0.2, 0.25) is 0 Å². The van der Waals surface area contributed by atoms with Crippen molar-refractivity contribution in [1.29, 1.82) is 0 Å². The van der Waals surface area contributed by atoms with E-state index < -0.39 is 17.7 Å². The van der Waals surface area contributed by atoms with Crippen LogP contribution in [0.4, 0.5) is 0 Å². The lowest BCUT2D eigenvalue weighted by molar-refractivity contribution is -0.140. The number of nitrogens with zero attached hydrogens (tertiary/aromatic N) is 1. The molecule has 0 spiro atoms. The van der Waals surface area contributed by atoms with Gasteiger partial charge in [0.15, 0.2) is 0 Å². The SMILES string of the molecule is COc1ccc(CN2C(=O)C(=O)/C(=C(/O)c3cc(OC)c(Cl)cc3OC)C2c2ccc(C(C)C)cc2)cc1. The van der Waals surface area contributed by atoms with Crippen LogP contribution in [0.3, 0.4) is 0 Å². The van der Waals surface area contributed by atoms with Gasteiger partial charge < -0.3 is 24.2 Å². The Hall–Kier alpha value is -3.97. The largest absolute Gasteiger partial charge is 0.507 e. The fourth-order valence-electron chi connectivity index (χ4n) is 4.57. The molecule has 1 aliphatic heterocycles. The number of hydrogen-bond donors (Lipinski definition) is 1. The molecule has 7 nitrogen and oxygen atoms in total. The molecule has 0 radical (unpaired) electrons. The summed E-state index contributed by atoms with van der Waals surface area (Å²) < 4.78 is 16.0. The highest BCUT2D eigenvalue weighted by Crippen LogP contribution is 2.43. The molecule has 0 saturated carbocycles. The van der Waals surface area contributed by atoms with Crippen molar-refractivity contribution in [3.8, 4) is 17.2 Å². The molecule has 1 amide bonds. The number of benzene rings is 3. The summed E-state index contributed by atoms with van der Waals surface area (Å²) in [5.74, 6) is -0.348. The van der Waals surface area contributed by atoms with Gasteiger partial charge in [0.05, 0.1) is 43.5 Å². The Kier molecular flexibility index (Phi) is 7.97. The van der Waals surface area contributed by atoms with Gasteiger partial charge in [-0.25, -0.2) is 0 Å². The molecule has 0 bridgehead atoms. The smallest absolute Gasteiger partial charge is 0.295 e. The lowest BCUT2D eigenvalue weighted by Crippen LogP contribution is -2.29. The second-order valence-corrected chi connectivity index (χ2v) is 9.69. The number of aliphatic hydroxyl groups is 1. The minimum absolute atomic E-state index is 0.0384. The quantitative estimate of drug-likeness (QED) is 0.213. The highest BCUT2D eigenvalue weighted by atomic mass is 35.5. The molecule has 8 heteroatoms. The Balaban J connectivity index is 1.89. The van der Waals surface area contributed by atoms with Crippen molar-refractivity contribution >= 4 is 29.1 Å². The van der Waals surface area contributed by atoms with Crippen molar-refractivity contribution in [2.45, 2.75) is 32.4 Å². The van der Waals surface area contributed by atoms with E-state index in [2.05, 4.69) is 13.8 Å². The van der Waals surface area contributed by atoms with Crippen LogP contribution in [0.25, 0.3) is 5.76 Å². The van der Waals surface area contributed by atoms with E-state index in [4.69, 9.17) is 25.8 Å². The van der Waals surface area contributed by atoms with Crippen LogP contribution in [0.5, 0.6) is 17.2 Å². The van der Waals surface area contributed by atoms with Crippen molar-refractivity contribution in [2.24, 2.45) is 0 Å². The van der Waals surface area contributed by atoms with Crippen LogP contribution in [-0.4, -0.2) is 43.0 Å². The van der Waals surface area contributed by atoms with E-state index in [-0.39, 0.29) is 34.2 Å². The second kappa shape index (κ2) is 11.2. The predicted octanol–water partition coefficient (Wildman–Crippen LogP) is 6.11. The molecular weight excluding hydrogens is 506 g/mol. The third-order valence-corrected chi connectivity index (χ3v) is 7.00. The number of aliphatic hydroxyl groups excluding tert-OH is 1. The summed E-state index contributed by atoms with van der Waals surface area (Å²) in [6.07, 6.45) is 0. The van der Waals surface area contributed by atoms with E-state index in [9.17, 15) is 14.7 Å². The number of ketones is 1. The van der Waals surface area contributed by atoms with E-state index in [1.54, 1.807) is 19.2 Å². The maximum atomic E-state index is 13.5. The fraction of sp³-hybridized carbons (Fsp3) is 0.267. The second-order valence-electron chi connectivity index (χ2n) is 9.28. The molecule has 1 unspecified atom stereocenters. The van der Waals surface area contributed by atoms with E-state index >= 15 is 0 Å². The number of carbonyl (C=O) groups is 2. The zero-order valence-corrected chi connectivity index (χ0v) is 22.7. The number of likely N-dealkylation sites (tertiary alicyclic amines) is 1. The van der Waals surface area contributed by atoms with E-state index in [1.165, 1.54) is 31.3 Å². The summed E-state index contributed by atoms with van der Waals surface area (Å²) in [4.78, 5) is 28.3. The van der Waals surface area contributed by atoms with Crippen molar-refractivity contribution in [1.82, 2.24) is 4.90 Å². The number of rotatable bonds is 8. The molecule has 1 N–H and O–H groups in total. The van der Waals surface area contributed by atoms with Gasteiger partial charge >= 0.3 is 0 Å².